The van der Waals surface area contributed by atoms with Crippen LogP contribution in [0.15, 0.2) is 60.8 Å². The van der Waals surface area contributed by atoms with E-state index in [-0.39, 0.29) is 0 Å². The monoisotopic (exact) mass is 345 g/mol. The SMILES string of the molecule is Cc1ccccc1-c1ncc(CC2(Cc3ccccc3)CCNCC2)[nH]1. The van der Waals surface area contributed by atoms with Crippen LogP contribution >= 0.6 is 0 Å². The van der Waals surface area contributed by atoms with Gasteiger partial charge in [-0.25, -0.2) is 4.98 Å². The number of aryl methyl sites for hydroxylation is 1. The number of benzene rings is 2. The van der Waals surface area contributed by atoms with Crippen LogP contribution in [0, 0.1) is 12.3 Å². The normalized spacial score (nSPS) is 16.5. The van der Waals surface area contributed by atoms with Crippen molar-refractivity contribution in [1.82, 2.24) is 15.3 Å². The Morgan fingerprint density at radius 2 is 1.65 bits per heavy atom. The smallest absolute Gasteiger partial charge is 0.137 e. The fourth-order valence-electron chi connectivity index (χ4n) is 4.23. The van der Waals surface area contributed by atoms with Crippen LogP contribution in [0.2, 0.25) is 0 Å². The second-order valence-corrected chi connectivity index (χ2v) is 7.66. The lowest BCUT2D eigenvalue weighted by molar-refractivity contribution is 0.197. The number of imidazole rings is 1. The van der Waals surface area contributed by atoms with E-state index in [9.17, 15) is 0 Å². The Morgan fingerprint density at radius 3 is 2.42 bits per heavy atom. The first-order valence-corrected chi connectivity index (χ1v) is 9.59. The molecule has 0 atom stereocenters. The Bertz CT molecular complexity index is 845. The van der Waals surface area contributed by atoms with Gasteiger partial charge in [-0.15, -0.1) is 0 Å². The van der Waals surface area contributed by atoms with E-state index in [1.54, 1.807) is 0 Å². The molecular formula is C23H27N3. The molecule has 3 aromatic rings. The molecule has 1 saturated heterocycles. The Labute approximate surface area is 155 Å². The molecule has 0 saturated carbocycles. The van der Waals surface area contributed by atoms with Gasteiger partial charge >= 0.3 is 0 Å². The summed E-state index contributed by atoms with van der Waals surface area (Å²) >= 11 is 0. The van der Waals surface area contributed by atoms with Gasteiger partial charge < -0.3 is 10.3 Å². The summed E-state index contributed by atoms with van der Waals surface area (Å²) in [5.41, 5.74) is 5.45. The Balaban J connectivity index is 1.58. The minimum atomic E-state index is 0.308. The molecule has 1 aliphatic heterocycles. The summed E-state index contributed by atoms with van der Waals surface area (Å²) in [6, 6.07) is 19.4. The minimum absolute atomic E-state index is 0.308. The molecule has 0 spiro atoms. The molecule has 1 aliphatic rings. The Morgan fingerprint density at radius 1 is 0.923 bits per heavy atom. The summed E-state index contributed by atoms with van der Waals surface area (Å²) in [5.74, 6) is 0.988. The number of hydrogen-bond acceptors (Lipinski definition) is 2. The highest BCUT2D eigenvalue weighted by atomic mass is 14.9. The topological polar surface area (TPSA) is 40.7 Å². The second kappa shape index (κ2) is 7.46. The first-order chi connectivity index (χ1) is 12.7. The fraction of sp³-hybridized carbons (Fsp3) is 0.348. The van der Waals surface area contributed by atoms with Crippen LogP contribution in [-0.2, 0) is 12.8 Å². The molecule has 0 unspecified atom stereocenters. The zero-order valence-corrected chi connectivity index (χ0v) is 15.5. The van der Waals surface area contributed by atoms with Crippen LogP contribution in [-0.4, -0.2) is 23.1 Å². The van der Waals surface area contributed by atoms with E-state index in [2.05, 4.69) is 76.8 Å². The minimum Gasteiger partial charge on any atom is -0.342 e. The predicted octanol–water partition coefficient (Wildman–Crippen LogP) is 4.54. The molecule has 4 rings (SSSR count). The van der Waals surface area contributed by atoms with E-state index in [1.807, 2.05) is 6.20 Å². The maximum atomic E-state index is 4.68. The third-order valence-corrected chi connectivity index (χ3v) is 5.68. The van der Waals surface area contributed by atoms with Gasteiger partial charge in [-0.05, 0) is 62.2 Å². The van der Waals surface area contributed by atoms with Crippen molar-refractivity contribution in [1.29, 1.82) is 0 Å². The van der Waals surface area contributed by atoms with Gasteiger partial charge in [-0.2, -0.15) is 0 Å². The summed E-state index contributed by atoms with van der Waals surface area (Å²) in [6.07, 6.45) is 6.65. The van der Waals surface area contributed by atoms with Gasteiger partial charge in [0.05, 0.1) is 0 Å². The lowest BCUT2D eigenvalue weighted by Gasteiger charge is -2.37. The van der Waals surface area contributed by atoms with Crippen molar-refractivity contribution < 1.29 is 0 Å². The van der Waals surface area contributed by atoms with Crippen LogP contribution in [0.3, 0.4) is 0 Å². The number of rotatable bonds is 5. The number of piperidine rings is 1. The van der Waals surface area contributed by atoms with Crippen LogP contribution in [0.1, 0.15) is 29.7 Å². The number of hydrogen-bond donors (Lipinski definition) is 2. The van der Waals surface area contributed by atoms with Crippen LogP contribution in [0.25, 0.3) is 11.4 Å². The average Bonchev–Trinajstić information content (AvgIpc) is 3.11. The molecule has 2 heterocycles. The third kappa shape index (κ3) is 3.73. The van der Waals surface area contributed by atoms with Gasteiger partial charge in [0.25, 0.3) is 0 Å². The highest BCUT2D eigenvalue weighted by Gasteiger charge is 2.33. The van der Waals surface area contributed by atoms with E-state index in [1.165, 1.54) is 35.2 Å². The van der Waals surface area contributed by atoms with Crippen molar-refractivity contribution in [2.45, 2.75) is 32.6 Å². The zero-order chi connectivity index (χ0) is 17.8. The van der Waals surface area contributed by atoms with E-state index in [0.717, 1.165) is 31.8 Å². The Kier molecular flexibility index (Phi) is 4.89. The third-order valence-electron chi connectivity index (χ3n) is 5.68. The summed E-state index contributed by atoms with van der Waals surface area (Å²) in [5, 5.41) is 3.52. The lowest BCUT2D eigenvalue weighted by atomic mass is 9.71. The molecule has 0 bridgehead atoms. The number of H-pyrrole nitrogens is 1. The molecule has 2 N–H and O–H groups in total. The molecule has 0 amide bonds. The van der Waals surface area contributed by atoms with Gasteiger partial charge in [0.1, 0.15) is 5.82 Å². The summed E-state index contributed by atoms with van der Waals surface area (Å²) in [7, 11) is 0. The van der Waals surface area contributed by atoms with Gasteiger partial charge in [0, 0.05) is 17.5 Å². The van der Waals surface area contributed by atoms with Crippen molar-refractivity contribution in [2.75, 3.05) is 13.1 Å². The average molecular weight is 345 g/mol. The largest absolute Gasteiger partial charge is 0.342 e. The van der Waals surface area contributed by atoms with Gasteiger partial charge in [-0.3, -0.25) is 0 Å². The van der Waals surface area contributed by atoms with Crippen molar-refractivity contribution in [3.8, 4) is 11.4 Å². The molecule has 1 aromatic heterocycles. The molecule has 3 heteroatoms. The standard InChI is InChI=1S/C23H27N3/c1-18-7-5-6-10-21(18)22-25-17-20(26-22)16-23(11-13-24-14-12-23)15-19-8-3-2-4-9-19/h2-10,17,24H,11-16H2,1H3,(H,25,26). The summed E-state index contributed by atoms with van der Waals surface area (Å²) in [4.78, 5) is 8.28. The molecule has 2 aromatic carbocycles. The van der Waals surface area contributed by atoms with Crippen LogP contribution in [0.4, 0.5) is 0 Å². The zero-order valence-electron chi connectivity index (χ0n) is 15.5. The number of aromatic amines is 1. The predicted molar refractivity (Wildman–Crippen MR) is 107 cm³/mol. The second-order valence-electron chi connectivity index (χ2n) is 7.66. The van der Waals surface area contributed by atoms with Crippen molar-refractivity contribution in [3.63, 3.8) is 0 Å². The molecule has 0 radical (unpaired) electrons. The summed E-state index contributed by atoms with van der Waals surface area (Å²) in [6.45, 7) is 4.35. The summed E-state index contributed by atoms with van der Waals surface area (Å²) < 4.78 is 0. The highest BCUT2D eigenvalue weighted by molar-refractivity contribution is 5.59. The first kappa shape index (κ1) is 17.0. The van der Waals surface area contributed by atoms with E-state index >= 15 is 0 Å². The molecule has 26 heavy (non-hydrogen) atoms. The fourth-order valence-corrected chi connectivity index (χ4v) is 4.23. The van der Waals surface area contributed by atoms with Crippen molar-refractivity contribution in [3.05, 3.63) is 77.6 Å². The van der Waals surface area contributed by atoms with Crippen molar-refractivity contribution in [2.24, 2.45) is 5.41 Å². The van der Waals surface area contributed by atoms with Gasteiger partial charge in [0.2, 0.25) is 0 Å². The van der Waals surface area contributed by atoms with Crippen LogP contribution < -0.4 is 5.32 Å². The number of nitrogens with zero attached hydrogens (tertiary/aromatic N) is 1. The molecule has 134 valence electrons. The molecule has 0 aliphatic carbocycles. The number of nitrogens with one attached hydrogen (secondary N) is 2. The highest BCUT2D eigenvalue weighted by Crippen LogP contribution is 2.36. The molecular weight excluding hydrogens is 318 g/mol. The van der Waals surface area contributed by atoms with E-state index in [0.29, 0.717) is 5.41 Å². The molecule has 1 fully saturated rings. The van der Waals surface area contributed by atoms with Gasteiger partial charge in [0.15, 0.2) is 0 Å². The van der Waals surface area contributed by atoms with E-state index in [4.69, 9.17) is 0 Å². The quantitative estimate of drug-likeness (QED) is 0.713. The first-order valence-electron chi connectivity index (χ1n) is 9.59. The lowest BCUT2D eigenvalue weighted by Crippen LogP contribution is -2.39. The van der Waals surface area contributed by atoms with Crippen molar-refractivity contribution >= 4 is 0 Å². The van der Waals surface area contributed by atoms with Gasteiger partial charge in [-0.1, -0.05) is 54.6 Å². The maximum Gasteiger partial charge on any atom is 0.137 e. The maximum absolute atomic E-state index is 4.68. The number of aromatic nitrogens is 2. The Hall–Kier alpha value is -2.39. The molecule has 3 nitrogen and oxygen atoms in total. The van der Waals surface area contributed by atoms with E-state index < -0.39 is 0 Å². The van der Waals surface area contributed by atoms with Crippen LogP contribution in [0.5, 0.6) is 0 Å².